The van der Waals surface area contributed by atoms with Crippen molar-refractivity contribution in [3.8, 4) is 0 Å². The quantitative estimate of drug-likeness (QED) is 0.691. The predicted molar refractivity (Wildman–Crippen MR) is 60.0 cm³/mol. The summed E-state index contributed by atoms with van der Waals surface area (Å²) in [5, 5.41) is 0. The molecule has 2 nitrogen and oxygen atoms in total. The number of hydrogen-bond donors (Lipinski definition) is 0. The molecule has 1 aromatic rings. The zero-order valence-electron chi connectivity index (χ0n) is 9.15. The zero-order valence-corrected chi connectivity index (χ0v) is 9.15. The van der Waals surface area contributed by atoms with Crippen LogP contribution in [0.3, 0.4) is 0 Å². The number of nitrogens with zero attached hydrogens (tertiary/aromatic N) is 1. The summed E-state index contributed by atoms with van der Waals surface area (Å²) >= 11 is 0. The predicted octanol–water partition coefficient (Wildman–Crippen LogP) is 1.87. The largest absolute Gasteiger partial charge is 0.377 e. The molecule has 1 atom stereocenters. The van der Waals surface area contributed by atoms with E-state index in [4.69, 9.17) is 4.74 Å². The van der Waals surface area contributed by atoms with Gasteiger partial charge in [0.25, 0.3) is 0 Å². The second-order valence-corrected chi connectivity index (χ2v) is 4.91. The van der Waals surface area contributed by atoms with Crippen molar-refractivity contribution in [3.63, 3.8) is 0 Å². The van der Waals surface area contributed by atoms with Gasteiger partial charge in [0.05, 0.1) is 18.8 Å². The molecule has 1 aromatic carbocycles. The average molecular weight is 203 g/mol. The second kappa shape index (κ2) is 3.32. The van der Waals surface area contributed by atoms with Crippen LogP contribution < -0.4 is 0 Å². The monoisotopic (exact) mass is 203 g/mol. The Bertz CT molecular complexity index is 345. The smallest absolute Gasteiger partial charge is 0.0682 e. The molecule has 2 fully saturated rings. The van der Waals surface area contributed by atoms with Crippen molar-refractivity contribution in [2.75, 3.05) is 26.8 Å². The normalized spacial score (nSPS) is 29.3. The number of likely N-dealkylation sites (tertiary alicyclic amines) is 1. The van der Waals surface area contributed by atoms with E-state index in [2.05, 4.69) is 42.3 Å². The van der Waals surface area contributed by atoms with Crippen LogP contribution in [-0.4, -0.2) is 37.2 Å². The lowest BCUT2D eigenvalue weighted by atomic mass is 9.87. The molecule has 0 radical (unpaired) electrons. The summed E-state index contributed by atoms with van der Waals surface area (Å²) in [6, 6.07) is 10.9. The van der Waals surface area contributed by atoms with Crippen molar-refractivity contribution < 1.29 is 4.74 Å². The molecule has 0 N–H and O–H groups in total. The number of likely N-dealkylation sites (N-methyl/N-ethyl adjacent to an activating group) is 1. The highest BCUT2D eigenvalue weighted by molar-refractivity contribution is 5.24. The molecular formula is C13H17NO. The zero-order chi connectivity index (χ0) is 10.3. The average Bonchev–Trinajstić information content (AvgIpc) is 2.57. The van der Waals surface area contributed by atoms with Crippen LogP contribution in [0.15, 0.2) is 30.3 Å². The Kier molecular flexibility index (Phi) is 2.08. The first kappa shape index (κ1) is 9.37. The van der Waals surface area contributed by atoms with Crippen molar-refractivity contribution >= 4 is 0 Å². The Balaban J connectivity index is 1.81. The van der Waals surface area contributed by atoms with Crippen LogP contribution in [0.2, 0.25) is 0 Å². The van der Waals surface area contributed by atoms with Gasteiger partial charge in [0.15, 0.2) is 0 Å². The van der Waals surface area contributed by atoms with Crippen LogP contribution in [0, 0.1) is 0 Å². The fraction of sp³-hybridized carbons (Fsp3) is 0.538. The molecule has 1 spiro atoms. The van der Waals surface area contributed by atoms with Crippen molar-refractivity contribution in [3.05, 3.63) is 35.9 Å². The lowest BCUT2D eigenvalue weighted by molar-refractivity contribution is -0.115. The number of benzene rings is 1. The fourth-order valence-corrected chi connectivity index (χ4v) is 2.83. The van der Waals surface area contributed by atoms with Crippen LogP contribution in [0.25, 0.3) is 0 Å². The van der Waals surface area contributed by atoms with Crippen LogP contribution in [-0.2, 0) is 4.74 Å². The Morgan fingerprint density at radius 3 is 2.53 bits per heavy atom. The van der Waals surface area contributed by atoms with Gasteiger partial charge in [-0.05, 0) is 24.9 Å². The maximum absolute atomic E-state index is 5.37. The number of rotatable bonds is 1. The molecule has 80 valence electrons. The van der Waals surface area contributed by atoms with E-state index in [0.29, 0.717) is 11.5 Å². The summed E-state index contributed by atoms with van der Waals surface area (Å²) in [7, 11) is 2.23. The van der Waals surface area contributed by atoms with Gasteiger partial charge in [0.1, 0.15) is 0 Å². The second-order valence-electron chi connectivity index (χ2n) is 4.91. The van der Waals surface area contributed by atoms with E-state index < -0.39 is 0 Å². The topological polar surface area (TPSA) is 12.5 Å². The molecule has 0 amide bonds. The van der Waals surface area contributed by atoms with Crippen LogP contribution in [0.5, 0.6) is 0 Å². The molecule has 0 aromatic heterocycles. The standard InChI is InChI=1S/C13H17NO/c1-14-8-12(7-13(14)9-15-10-13)11-5-3-2-4-6-11/h2-6,12H,7-10H2,1H3. The summed E-state index contributed by atoms with van der Waals surface area (Å²) in [6.07, 6.45) is 1.26. The van der Waals surface area contributed by atoms with Crippen molar-refractivity contribution in [1.82, 2.24) is 4.90 Å². The Labute approximate surface area is 90.8 Å². The SMILES string of the molecule is CN1CC(c2ccccc2)CC12COC2. The Hall–Kier alpha value is -0.860. The maximum Gasteiger partial charge on any atom is 0.0682 e. The lowest BCUT2D eigenvalue weighted by Crippen LogP contribution is -2.57. The van der Waals surface area contributed by atoms with Crippen LogP contribution in [0.1, 0.15) is 17.9 Å². The van der Waals surface area contributed by atoms with E-state index in [-0.39, 0.29) is 0 Å². The van der Waals surface area contributed by atoms with E-state index in [1.54, 1.807) is 0 Å². The minimum Gasteiger partial charge on any atom is -0.377 e. The molecule has 3 rings (SSSR count). The molecule has 2 aliphatic heterocycles. The van der Waals surface area contributed by atoms with Crippen molar-refractivity contribution in [2.45, 2.75) is 17.9 Å². The molecule has 15 heavy (non-hydrogen) atoms. The van der Waals surface area contributed by atoms with Gasteiger partial charge in [0.2, 0.25) is 0 Å². The van der Waals surface area contributed by atoms with Gasteiger partial charge in [-0.15, -0.1) is 0 Å². The highest BCUT2D eigenvalue weighted by Crippen LogP contribution is 2.41. The van der Waals surface area contributed by atoms with Gasteiger partial charge < -0.3 is 4.74 Å². The third-order valence-corrected chi connectivity index (χ3v) is 3.94. The molecule has 0 aliphatic carbocycles. The molecule has 2 heteroatoms. The first-order valence-corrected chi connectivity index (χ1v) is 5.64. The van der Waals surface area contributed by atoms with Crippen LogP contribution >= 0.6 is 0 Å². The summed E-state index contributed by atoms with van der Waals surface area (Å²) in [5.74, 6) is 0.695. The van der Waals surface area contributed by atoms with Gasteiger partial charge >= 0.3 is 0 Å². The van der Waals surface area contributed by atoms with E-state index in [9.17, 15) is 0 Å². The minimum absolute atomic E-state index is 0.362. The van der Waals surface area contributed by atoms with E-state index in [1.165, 1.54) is 18.5 Å². The number of ether oxygens (including phenoxy) is 1. The molecular weight excluding hydrogens is 186 g/mol. The van der Waals surface area contributed by atoms with E-state index in [0.717, 1.165) is 13.2 Å². The third-order valence-electron chi connectivity index (χ3n) is 3.94. The fourth-order valence-electron chi connectivity index (χ4n) is 2.83. The van der Waals surface area contributed by atoms with Gasteiger partial charge in [-0.2, -0.15) is 0 Å². The highest BCUT2D eigenvalue weighted by atomic mass is 16.5. The van der Waals surface area contributed by atoms with E-state index >= 15 is 0 Å². The van der Waals surface area contributed by atoms with Gasteiger partial charge in [-0.3, -0.25) is 4.90 Å². The Morgan fingerprint density at radius 2 is 2.00 bits per heavy atom. The third kappa shape index (κ3) is 1.40. The summed E-state index contributed by atoms with van der Waals surface area (Å²) < 4.78 is 5.37. The highest BCUT2D eigenvalue weighted by Gasteiger charge is 2.49. The number of hydrogen-bond acceptors (Lipinski definition) is 2. The summed E-state index contributed by atoms with van der Waals surface area (Å²) in [5.41, 5.74) is 1.84. The lowest BCUT2D eigenvalue weighted by Gasteiger charge is -2.43. The summed E-state index contributed by atoms with van der Waals surface area (Å²) in [4.78, 5) is 2.48. The maximum atomic E-state index is 5.37. The van der Waals surface area contributed by atoms with Gasteiger partial charge in [-0.25, -0.2) is 0 Å². The molecule has 0 saturated carbocycles. The Morgan fingerprint density at radius 1 is 1.27 bits per heavy atom. The summed E-state index contributed by atoms with van der Waals surface area (Å²) in [6.45, 7) is 3.02. The molecule has 2 aliphatic rings. The molecule has 2 heterocycles. The van der Waals surface area contributed by atoms with Gasteiger partial charge in [-0.1, -0.05) is 30.3 Å². The first-order valence-electron chi connectivity index (χ1n) is 5.64. The van der Waals surface area contributed by atoms with Gasteiger partial charge in [0, 0.05) is 6.54 Å². The van der Waals surface area contributed by atoms with E-state index in [1.807, 2.05) is 0 Å². The minimum atomic E-state index is 0.362. The molecule has 2 saturated heterocycles. The first-order chi connectivity index (χ1) is 7.30. The van der Waals surface area contributed by atoms with Crippen LogP contribution in [0.4, 0.5) is 0 Å². The molecule has 1 unspecified atom stereocenters. The van der Waals surface area contributed by atoms with Crippen molar-refractivity contribution in [1.29, 1.82) is 0 Å². The molecule has 0 bridgehead atoms. The van der Waals surface area contributed by atoms with Crippen molar-refractivity contribution in [2.24, 2.45) is 0 Å².